The highest BCUT2D eigenvalue weighted by Gasteiger charge is 2.08. The summed E-state index contributed by atoms with van der Waals surface area (Å²) in [4.78, 5) is 12.1. The molecule has 7 heteroatoms. The van der Waals surface area contributed by atoms with E-state index in [0.717, 1.165) is 16.3 Å². The molecule has 1 amide bonds. The van der Waals surface area contributed by atoms with Crippen LogP contribution >= 0.6 is 11.6 Å². The van der Waals surface area contributed by atoms with E-state index < -0.39 is 5.91 Å². The lowest BCUT2D eigenvalue weighted by atomic mass is 10.0. The molecule has 0 atom stereocenters. The second-order valence-electron chi connectivity index (χ2n) is 5.64. The minimum atomic E-state index is -0.444. The van der Waals surface area contributed by atoms with Crippen LogP contribution in [0.15, 0.2) is 59.7 Å². The summed E-state index contributed by atoms with van der Waals surface area (Å²) in [5.41, 5.74) is 3.52. The number of aliphatic hydroxyl groups excluding tert-OH is 1. The number of hydrazone groups is 1. The van der Waals surface area contributed by atoms with Gasteiger partial charge in [-0.2, -0.15) is 5.10 Å². The van der Waals surface area contributed by atoms with Crippen LogP contribution in [0.1, 0.15) is 15.9 Å². The maximum Gasteiger partial charge on any atom is 0.271 e. The number of fused-ring (bicyclic) bond motifs is 1. The van der Waals surface area contributed by atoms with Crippen molar-refractivity contribution in [2.45, 2.75) is 0 Å². The van der Waals surface area contributed by atoms with Crippen molar-refractivity contribution in [1.29, 1.82) is 0 Å². The van der Waals surface area contributed by atoms with E-state index in [1.165, 1.54) is 24.4 Å². The molecule has 0 spiro atoms. The highest BCUT2D eigenvalue weighted by molar-refractivity contribution is 6.32. The Morgan fingerprint density at radius 1 is 1.15 bits per heavy atom. The van der Waals surface area contributed by atoms with Crippen molar-refractivity contribution in [3.63, 3.8) is 0 Å². The zero-order valence-electron chi connectivity index (χ0n) is 14.2. The third kappa shape index (κ3) is 4.36. The molecular formula is C20H17ClN2O4. The number of amides is 1. The fourth-order valence-corrected chi connectivity index (χ4v) is 2.74. The van der Waals surface area contributed by atoms with Gasteiger partial charge in [0, 0.05) is 16.5 Å². The van der Waals surface area contributed by atoms with Crippen molar-refractivity contribution >= 4 is 34.5 Å². The van der Waals surface area contributed by atoms with Gasteiger partial charge in [-0.15, -0.1) is 0 Å². The lowest BCUT2D eigenvalue weighted by molar-refractivity contribution is 0.0955. The number of benzene rings is 3. The van der Waals surface area contributed by atoms with Crippen LogP contribution in [-0.2, 0) is 0 Å². The molecule has 0 unspecified atom stereocenters. The quantitative estimate of drug-likeness (QED) is 0.449. The number of carbonyl (C=O) groups is 1. The van der Waals surface area contributed by atoms with E-state index in [1.807, 2.05) is 30.3 Å². The smallest absolute Gasteiger partial charge is 0.271 e. The average molecular weight is 385 g/mol. The fourth-order valence-electron chi connectivity index (χ4n) is 2.56. The van der Waals surface area contributed by atoms with Crippen LogP contribution in [0.4, 0.5) is 0 Å². The molecule has 138 valence electrons. The summed E-state index contributed by atoms with van der Waals surface area (Å²) < 4.78 is 5.55. The third-order valence-corrected chi connectivity index (χ3v) is 4.15. The lowest BCUT2D eigenvalue weighted by Gasteiger charge is -2.10. The summed E-state index contributed by atoms with van der Waals surface area (Å²) in [6, 6.07) is 15.4. The number of hydrogen-bond donors (Lipinski definition) is 3. The Bertz CT molecular complexity index is 1000. The number of aromatic hydroxyl groups is 1. The average Bonchev–Trinajstić information content (AvgIpc) is 2.69. The maximum atomic E-state index is 12.1. The molecule has 0 aromatic heterocycles. The summed E-state index contributed by atoms with van der Waals surface area (Å²) >= 11 is 5.81. The number of phenols is 1. The van der Waals surface area contributed by atoms with Gasteiger partial charge in [0.05, 0.1) is 17.8 Å². The molecule has 0 saturated heterocycles. The van der Waals surface area contributed by atoms with E-state index in [4.69, 9.17) is 21.4 Å². The number of phenolic OH excluding ortho intramolecular Hbond substituents is 1. The van der Waals surface area contributed by atoms with E-state index in [0.29, 0.717) is 5.75 Å². The zero-order chi connectivity index (χ0) is 19.2. The largest absolute Gasteiger partial charge is 0.506 e. The van der Waals surface area contributed by atoms with Crippen LogP contribution in [0.2, 0.25) is 5.02 Å². The van der Waals surface area contributed by atoms with Gasteiger partial charge >= 0.3 is 0 Å². The molecule has 6 nitrogen and oxygen atoms in total. The Hall–Kier alpha value is -3.09. The molecule has 0 aliphatic carbocycles. The number of halogens is 1. The van der Waals surface area contributed by atoms with Gasteiger partial charge in [0.2, 0.25) is 0 Å². The number of aliphatic hydroxyl groups is 1. The first-order chi connectivity index (χ1) is 13.1. The predicted octanol–water partition coefficient (Wildman–Crippen LogP) is 3.33. The molecule has 3 aromatic rings. The highest BCUT2D eigenvalue weighted by Crippen LogP contribution is 2.28. The second-order valence-corrected chi connectivity index (χ2v) is 6.04. The van der Waals surface area contributed by atoms with Gasteiger partial charge in [-0.3, -0.25) is 4.79 Å². The topological polar surface area (TPSA) is 91.2 Å². The Morgan fingerprint density at radius 3 is 2.67 bits per heavy atom. The van der Waals surface area contributed by atoms with Crippen LogP contribution in [-0.4, -0.2) is 35.5 Å². The molecular weight excluding hydrogens is 368 g/mol. The number of carbonyl (C=O) groups excluding carboxylic acids is 1. The van der Waals surface area contributed by atoms with E-state index in [9.17, 15) is 9.90 Å². The Morgan fingerprint density at radius 2 is 1.93 bits per heavy atom. The Balaban J connectivity index is 1.79. The minimum absolute atomic E-state index is 0.0646. The van der Waals surface area contributed by atoms with Gasteiger partial charge < -0.3 is 14.9 Å². The van der Waals surface area contributed by atoms with E-state index in [-0.39, 0.29) is 29.5 Å². The summed E-state index contributed by atoms with van der Waals surface area (Å²) in [5.74, 6) is 0.131. The van der Waals surface area contributed by atoms with Crippen LogP contribution in [0, 0.1) is 0 Å². The minimum Gasteiger partial charge on any atom is -0.506 e. The second kappa shape index (κ2) is 8.53. The first-order valence-electron chi connectivity index (χ1n) is 8.17. The van der Waals surface area contributed by atoms with Crippen LogP contribution < -0.4 is 10.2 Å². The first-order valence-corrected chi connectivity index (χ1v) is 8.55. The summed E-state index contributed by atoms with van der Waals surface area (Å²) in [6.07, 6.45) is 1.54. The van der Waals surface area contributed by atoms with Crippen LogP contribution in [0.3, 0.4) is 0 Å². The Labute approximate surface area is 160 Å². The van der Waals surface area contributed by atoms with Crippen molar-refractivity contribution in [3.05, 3.63) is 70.7 Å². The van der Waals surface area contributed by atoms with Gasteiger partial charge in [0.15, 0.2) is 0 Å². The molecule has 3 aromatic carbocycles. The monoisotopic (exact) mass is 384 g/mol. The predicted molar refractivity (Wildman–Crippen MR) is 105 cm³/mol. The molecule has 0 fully saturated rings. The summed E-state index contributed by atoms with van der Waals surface area (Å²) in [5, 5.41) is 24.2. The molecule has 0 aliphatic heterocycles. The number of hydrogen-bond acceptors (Lipinski definition) is 5. The van der Waals surface area contributed by atoms with Gasteiger partial charge in [-0.1, -0.05) is 35.9 Å². The molecule has 27 heavy (non-hydrogen) atoms. The summed E-state index contributed by atoms with van der Waals surface area (Å²) in [7, 11) is 0. The maximum absolute atomic E-state index is 12.1. The van der Waals surface area contributed by atoms with E-state index >= 15 is 0 Å². The lowest BCUT2D eigenvalue weighted by Crippen LogP contribution is -2.17. The van der Waals surface area contributed by atoms with E-state index in [1.54, 1.807) is 6.07 Å². The molecule has 0 bridgehead atoms. The standard InChI is InChI=1S/C20H17ClN2O4/c21-17-11-13(5-7-18(17)25)20(26)23-22-12-14-6-8-19(27-10-9-24)16-4-2-1-3-15(14)16/h1-8,11-12,24-25H,9-10H2,(H,23,26). The van der Waals surface area contributed by atoms with Gasteiger partial charge in [0.25, 0.3) is 5.91 Å². The number of rotatable bonds is 6. The third-order valence-electron chi connectivity index (χ3n) is 3.85. The van der Waals surface area contributed by atoms with E-state index in [2.05, 4.69) is 10.5 Å². The van der Waals surface area contributed by atoms with Gasteiger partial charge in [0.1, 0.15) is 18.1 Å². The molecule has 0 radical (unpaired) electrons. The Kier molecular flexibility index (Phi) is 5.90. The van der Waals surface area contributed by atoms with Crippen molar-refractivity contribution in [2.24, 2.45) is 5.10 Å². The van der Waals surface area contributed by atoms with Crippen molar-refractivity contribution < 1.29 is 19.7 Å². The summed E-state index contributed by atoms with van der Waals surface area (Å²) in [6.45, 7) is 0.146. The zero-order valence-corrected chi connectivity index (χ0v) is 15.0. The number of ether oxygens (including phenoxy) is 1. The highest BCUT2D eigenvalue weighted by atomic mass is 35.5. The molecule has 3 rings (SSSR count). The normalized spacial score (nSPS) is 11.0. The van der Waals surface area contributed by atoms with Crippen molar-refractivity contribution in [1.82, 2.24) is 5.43 Å². The SMILES string of the molecule is O=C(NN=Cc1ccc(OCCO)c2ccccc12)c1ccc(O)c(Cl)c1. The fraction of sp³-hybridized carbons (Fsp3) is 0.100. The molecule has 3 N–H and O–H groups in total. The van der Waals surface area contributed by atoms with Crippen molar-refractivity contribution in [2.75, 3.05) is 13.2 Å². The van der Waals surface area contributed by atoms with Gasteiger partial charge in [-0.05, 0) is 35.7 Å². The van der Waals surface area contributed by atoms with Crippen LogP contribution in [0.25, 0.3) is 10.8 Å². The van der Waals surface area contributed by atoms with Crippen LogP contribution in [0.5, 0.6) is 11.5 Å². The van der Waals surface area contributed by atoms with Crippen molar-refractivity contribution in [3.8, 4) is 11.5 Å². The molecule has 0 heterocycles. The number of nitrogens with zero attached hydrogens (tertiary/aromatic N) is 1. The first kappa shape index (κ1) is 18.7. The molecule has 0 aliphatic rings. The number of nitrogens with one attached hydrogen (secondary N) is 1. The molecule has 0 saturated carbocycles. The van der Waals surface area contributed by atoms with Gasteiger partial charge in [-0.25, -0.2) is 5.43 Å².